The minimum Gasteiger partial charge on any atom is -0.464 e. The van der Waals surface area contributed by atoms with Gasteiger partial charge in [-0.25, -0.2) is 0 Å². The van der Waals surface area contributed by atoms with Gasteiger partial charge in [-0.1, -0.05) is 25.6 Å². The first-order valence-electron chi connectivity index (χ1n) is 5.25. The van der Waals surface area contributed by atoms with Crippen LogP contribution in [-0.2, 0) is 16.1 Å². The number of esters is 1. The highest BCUT2D eigenvalue weighted by atomic mass is 32.1. The van der Waals surface area contributed by atoms with Crippen molar-refractivity contribution < 1.29 is 9.53 Å². The molecule has 0 atom stereocenters. The smallest absolute Gasteiger partial charge is 0.325 e. The number of hydrogen-bond donors (Lipinski definition) is 1. The standard InChI is InChI=1S/C11H16N2O2S/c1-2-3-7-15-10(14)8-13-6-4-5-9(13)11(12)16/h4-6H,2-3,7-8H2,1H3,(H2,12,16). The number of nitrogens with two attached hydrogens (primary N) is 1. The maximum absolute atomic E-state index is 11.4. The first-order valence-corrected chi connectivity index (χ1v) is 5.66. The van der Waals surface area contributed by atoms with Crippen molar-refractivity contribution in [1.82, 2.24) is 4.57 Å². The number of rotatable bonds is 6. The number of thiocarbonyl (C=S) groups is 1. The van der Waals surface area contributed by atoms with Crippen LogP contribution in [0.4, 0.5) is 0 Å². The number of carbonyl (C=O) groups excluding carboxylic acids is 1. The fourth-order valence-corrected chi connectivity index (χ4v) is 1.48. The lowest BCUT2D eigenvalue weighted by molar-refractivity contribution is -0.144. The van der Waals surface area contributed by atoms with Gasteiger partial charge in [0.05, 0.1) is 12.3 Å². The molecule has 0 unspecified atom stereocenters. The number of aromatic nitrogens is 1. The highest BCUT2D eigenvalue weighted by Crippen LogP contribution is 2.03. The van der Waals surface area contributed by atoms with Crippen LogP contribution in [0.5, 0.6) is 0 Å². The minimum absolute atomic E-state index is 0.156. The molecule has 0 amide bonds. The SMILES string of the molecule is CCCCOC(=O)Cn1cccc1C(N)=S. The molecule has 0 aliphatic rings. The molecule has 4 nitrogen and oxygen atoms in total. The van der Waals surface area contributed by atoms with Crippen LogP contribution < -0.4 is 5.73 Å². The Balaban J connectivity index is 2.49. The van der Waals surface area contributed by atoms with E-state index in [1.807, 2.05) is 6.92 Å². The van der Waals surface area contributed by atoms with Gasteiger partial charge in [-0.2, -0.15) is 0 Å². The van der Waals surface area contributed by atoms with Crippen LogP contribution in [0.25, 0.3) is 0 Å². The monoisotopic (exact) mass is 240 g/mol. The van der Waals surface area contributed by atoms with Crippen molar-refractivity contribution in [2.45, 2.75) is 26.3 Å². The largest absolute Gasteiger partial charge is 0.464 e. The lowest BCUT2D eigenvalue weighted by Crippen LogP contribution is -2.20. The Hall–Kier alpha value is -1.36. The van der Waals surface area contributed by atoms with Crippen LogP contribution in [-0.4, -0.2) is 22.1 Å². The summed E-state index contributed by atoms with van der Waals surface area (Å²) in [6.07, 6.45) is 3.66. The van der Waals surface area contributed by atoms with Crippen LogP contribution in [0.15, 0.2) is 18.3 Å². The molecule has 0 aliphatic carbocycles. The average molecular weight is 240 g/mol. The first-order chi connectivity index (χ1) is 7.65. The molecule has 0 fully saturated rings. The summed E-state index contributed by atoms with van der Waals surface area (Å²) in [5, 5.41) is 0. The van der Waals surface area contributed by atoms with Crippen molar-refractivity contribution in [3.8, 4) is 0 Å². The van der Waals surface area contributed by atoms with Gasteiger partial charge < -0.3 is 15.0 Å². The van der Waals surface area contributed by atoms with Crippen molar-refractivity contribution in [2.24, 2.45) is 5.73 Å². The fraction of sp³-hybridized carbons (Fsp3) is 0.455. The van der Waals surface area contributed by atoms with Crippen molar-refractivity contribution in [3.05, 3.63) is 24.0 Å². The molecule has 0 saturated carbocycles. The van der Waals surface area contributed by atoms with Gasteiger partial charge >= 0.3 is 5.97 Å². The average Bonchev–Trinajstić information content (AvgIpc) is 2.66. The van der Waals surface area contributed by atoms with E-state index in [-0.39, 0.29) is 17.5 Å². The second kappa shape index (κ2) is 6.27. The molecule has 1 aromatic heterocycles. The van der Waals surface area contributed by atoms with E-state index in [2.05, 4.69) is 0 Å². The van der Waals surface area contributed by atoms with Crippen LogP contribution in [0.2, 0.25) is 0 Å². The van der Waals surface area contributed by atoms with Crippen molar-refractivity contribution in [3.63, 3.8) is 0 Å². The third kappa shape index (κ3) is 3.66. The normalized spacial score (nSPS) is 10.1. The number of nitrogens with zero attached hydrogens (tertiary/aromatic N) is 1. The lowest BCUT2D eigenvalue weighted by Gasteiger charge is -2.08. The van der Waals surface area contributed by atoms with Gasteiger partial charge in [0.2, 0.25) is 0 Å². The summed E-state index contributed by atoms with van der Waals surface area (Å²) in [4.78, 5) is 11.7. The molecule has 5 heteroatoms. The van der Waals surface area contributed by atoms with E-state index < -0.39 is 0 Å². The number of unbranched alkanes of at least 4 members (excludes halogenated alkanes) is 1. The molecule has 0 aliphatic heterocycles. The molecule has 0 spiro atoms. The number of carbonyl (C=O) groups is 1. The molecule has 88 valence electrons. The van der Waals surface area contributed by atoms with Gasteiger partial charge in [-0.15, -0.1) is 0 Å². The van der Waals surface area contributed by atoms with Crippen LogP contribution in [0.3, 0.4) is 0 Å². The lowest BCUT2D eigenvalue weighted by atomic mass is 10.4. The number of hydrogen-bond acceptors (Lipinski definition) is 3. The van der Waals surface area contributed by atoms with Gasteiger partial charge in [0.25, 0.3) is 0 Å². The summed E-state index contributed by atoms with van der Waals surface area (Å²) in [6.45, 7) is 2.67. The maximum atomic E-state index is 11.4. The second-order valence-electron chi connectivity index (χ2n) is 3.46. The molecule has 2 N–H and O–H groups in total. The third-order valence-electron chi connectivity index (χ3n) is 2.14. The Morgan fingerprint density at radius 1 is 1.62 bits per heavy atom. The predicted molar refractivity (Wildman–Crippen MR) is 66.2 cm³/mol. The highest BCUT2D eigenvalue weighted by molar-refractivity contribution is 7.80. The molecule has 0 aromatic carbocycles. The van der Waals surface area contributed by atoms with Crippen molar-refractivity contribution in [2.75, 3.05) is 6.61 Å². The van der Waals surface area contributed by atoms with E-state index in [0.29, 0.717) is 12.3 Å². The maximum Gasteiger partial charge on any atom is 0.325 e. The van der Waals surface area contributed by atoms with Gasteiger partial charge in [-0.05, 0) is 18.6 Å². The Bertz CT molecular complexity index is 374. The van der Waals surface area contributed by atoms with Gasteiger partial charge in [0.1, 0.15) is 11.5 Å². The van der Waals surface area contributed by atoms with Gasteiger partial charge in [0.15, 0.2) is 0 Å². The Morgan fingerprint density at radius 2 is 2.38 bits per heavy atom. The topological polar surface area (TPSA) is 57.2 Å². The zero-order valence-electron chi connectivity index (χ0n) is 9.31. The molecule has 1 heterocycles. The van der Waals surface area contributed by atoms with Crippen molar-refractivity contribution >= 4 is 23.2 Å². The van der Waals surface area contributed by atoms with Crippen LogP contribution in [0, 0.1) is 0 Å². The fourth-order valence-electron chi connectivity index (χ4n) is 1.29. The molecular formula is C11H16N2O2S. The van der Waals surface area contributed by atoms with E-state index in [1.54, 1.807) is 22.9 Å². The third-order valence-corrected chi connectivity index (χ3v) is 2.35. The summed E-state index contributed by atoms with van der Waals surface area (Å²) >= 11 is 4.87. The van der Waals surface area contributed by atoms with Gasteiger partial charge in [-0.3, -0.25) is 4.79 Å². The zero-order valence-corrected chi connectivity index (χ0v) is 10.1. The molecule has 16 heavy (non-hydrogen) atoms. The predicted octanol–water partition coefficient (Wildman–Crippen LogP) is 1.47. The minimum atomic E-state index is -0.262. The summed E-state index contributed by atoms with van der Waals surface area (Å²) in [6, 6.07) is 3.58. The Morgan fingerprint density at radius 3 is 3.00 bits per heavy atom. The second-order valence-corrected chi connectivity index (χ2v) is 3.90. The first kappa shape index (κ1) is 12.7. The van der Waals surface area contributed by atoms with E-state index in [9.17, 15) is 4.79 Å². The van der Waals surface area contributed by atoms with Crippen molar-refractivity contribution in [1.29, 1.82) is 0 Å². The highest BCUT2D eigenvalue weighted by Gasteiger charge is 2.08. The molecule has 0 radical (unpaired) electrons. The molecule has 1 rings (SSSR count). The summed E-state index contributed by atoms with van der Waals surface area (Å²) in [7, 11) is 0. The molecular weight excluding hydrogens is 224 g/mol. The Labute approximate surface area is 100 Å². The summed E-state index contributed by atoms with van der Waals surface area (Å²) in [5.74, 6) is -0.262. The number of ether oxygens (including phenoxy) is 1. The quantitative estimate of drug-likeness (QED) is 0.465. The molecule has 0 saturated heterocycles. The van der Waals surface area contributed by atoms with E-state index in [0.717, 1.165) is 12.8 Å². The summed E-state index contributed by atoms with van der Waals surface area (Å²) < 4.78 is 6.74. The Kier molecular flexibility index (Phi) is 4.98. The molecule has 0 bridgehead atoms. The van der Waals surface area contributed by atoms with E-state index in [4.69, 9.17) is 22.7 Å². The van der Waals surface area contributed by atoms with E-state index >= 15 is 0 Å². The zero-order chi connectivity index (χ0) is 12.0. The van der Waals surface area contributed by atoms with Gasteiger partial charge in [0, 0.05) is 6.20 Å². The molecule has 1 aromatic rings. The van der Waals surface area contributed by atoms with Crippen LogP contribution >= 0.6 is 12.2 Å². The van der Waals surface area contributed by atoms with E-state index in [1.165, 1.54) is 0 Å². The summed E-state index contributed by atoms with van der Waals surface area (Å²) in [5.41, 5.74) is 6.20. The van der Waals surface area contributed by atoms with Crippen LogP contribution in [0.1, 0.15) is 25.5 Å².